The smallest absolute Gasteiger partial charge is 0.323 e. The van der Waals surface area contributed by atoms with E-state index in [2.05, 4.69) is 35.5 Å². The van der Waals surface area contributed by atoms with E-state index in [0.29, 0.717) is 22.6 Å². The molecule has 0 aromatic rings. The van der Waals surface area contributed by atoms with Crippen LogP contribution in [0.25, 0.3) is 0 Å². The Hall–Kier alpha value is 0.130. The highest BCUT2D eigenvalue weighted by Crippen LogP contribution is 2.57. The van der Waals surface area contributed by atoms with Crippen LogP contribution >= 0.6 is 23.5 Å². The molecule has 2 saturated heterocycles. The standard InChI is InChI=1S/C15H25NO2S2/c1-3-18-14(17)12-10-11-6-4-7-15(13(11)16(12)2)19-8-5-9-20-15/h11-13H,3-10H2,1-2H3/t11-,12+,13+/m1/s1. The van der Waals surface area contributed by atoms with Gasteiger partial charge < -0.3 is 4.74 Å². The van der Waals surface area contributed by atoms with Gasteiger partial charge in [0.15, 0.2) is 0 Å². The van der Waals surface area contributed by atoms with E-state index in [1.54, 1.807) is 0 Å². The van der Waals surface area contributed by atoms with E-state index >= 15 is 0 Å². The largest absolute Gasteiger partial charge is 0.465 e. The minimum atomic E-state index is -0.0111. The van der Waals surface area contributed by atoms with Gasteiger partial charge in [0, 0.05) is 6.04 Å². The number of ether oxygens (including phenoxy) is 1. The summed E-state index contributed by atoms with van der Waals surface area (Å²) < 4.78 is 5.63. The Morgan fingerprint density at radius 3 is 2.80 bits per heavy atom. The molecule has 0 aromatic carbocycles. The lowest BCUT2D eigenvalue weighted by molar-refractivity contribution is -0.148. The summed E-state index contributed by atoms with van der Waals surface area (Å²) >= 11 is 4.33. The first kappa shape index (κ1) is 15.0. The monoisotopic (exact) mass is 315 g/mol. The van der Waals surface area contributed by atoms with Gasteiger partial charge in [-0.05, 0) is 57.1 Å². The Bertz CT molecular complexity index is 365. The fraction of sp³-hybridized carbons (Fsp3) is 0.933. The minimum absolute atomic E-state index is 0.00893. The molecule has 1 saturated carbocycles. The van der Waals surface area contributed by atoms with Gasteiger partial charge in [-0.3, -0.25) is 9.69 Å². The number of likely N-dealkylation sites (tertiary alicyclic amines) is 1. The molecule has 3 nitrogen and oxygen atoms in total. The van der Waals surface area contributed by atoms with Crippen molar-refractivity contribution in [1.29, 1.82) is 0 Å². The normalized spacial score (nSPS) is 36.8. The predicted molar refractivity (Wildman–Crippen MR) is 86.2 cm³/mol. The highest BCUT2D eigenvalue weighted by molar-refractivity contribution is 8.18. The number of thioether (sulfide) groups is 2. The number of fused-ring (bicyclic) bond motifs is 2. The van der Waals surface area contributed by atoms with Crippen LogP contribution in [0.3, 0.4) is 0 Å². The van der Waals surface area contributed by atoms with E-state index in [-0.39, 0.29) is 12.0 Å². The number of likely N-dealkylation sites (N-methyl/N-ethyl adjacent to an activating group) is 1. The molecule has 0 unspecified atom stereocenters. The van der Waals surface area contributed by atoms with Crippen molar-refractivity contribution in [3.63, 3.8) is 0 Å². The zero-order chi connectivity index (χ0) is 14.2. The molecule has 3 rings (SSSR count). The van der Waals surface area contributed by atoms with E-state index in [1.165, 1.54) is 37.2 Å². The van der Waals surface area contributed by atoms with E-state index in [0.717, 1.165) is 6.42 Å². The van der Waals surface area contributed by atoms with Crippen LogP contribution in [-0.2, 0) is 9.53 Å². The Labute approximate surface area is 130 Å². The number of nitrogens with zero attached hydrogens (tertiary/aromatic N) is 1. The van der Waals surface area contributed by atoms with Crippen LogP contribution in [-0.4, -0.2) is 52.2 Å². The van der Waals surface area contributed by atoms with Gasteiger partial charge in [-0.25, -0.2) is 0 Å². The summed E-state index contributed by atoms with van der Waals surface area (Å²) in [5.41, 5.74) is 0. The van der Waals surface area contributed by atoms with E-state index in [1.807, 2.05) is 6.92 Å². The van der Waals surface area contributed by atoms with Gasteiger partial charge in [-0.1, -0.05) is 6.42 Å². The summed E-state index contributed by atoms with van der Waals surface area (Å²) in [6, 6.07) is 0.545. The molecule has 0 N–H and O–H groups in total. The number of rotatable bonds is 2. The fourth-order valence-corrected chi connectivity index (χ4v) is 8.14. The quantitative estimate of drug-likeness (QED) is 0.731. The first-order valence-electron chi connectivity index (χ1n) is 7.84. The average Bonchev–Trinajstić information content (AvgIpc) is 2.79. The van der Waals surface area contributed by atoms with Gasteiger partial charge >= 0.3 is 5.97 Å². The maximum atomic E-state index is 12.2. The molecule has 3 aliphatic rings. The summed E-state index contributed by atoms with van der Waals surface area (Å²) in [6.45, 7) is 2.39. The molecule has 3 atom stereocenters. The van der Waals surface area contributed by atoms with Crippen LogP contribution in [0.15, 0.2) is 0 Å². The van der Waals surface area contributed by atoms with E-state index < -0.39 is 0 Å². The maximum absolute atomic E-state index is 12.2. The Kier molecular flexibility index (Phi) is 4.58. The lowest BCUT2D eigenvalue weighted by Gasteiger charge is -2.49. The van der Waals surface area contributed by atoms with Crippen LogP contribution in [0, 0.1) is 5.92 Å². The third kappa shape index (κ3) is 2.50. The van der Waals surface area contributed by atoms with Gasteiger partial charge in [0.1, 0.15) is 6.04 Å². The molecular formula is C15H25NO2S2. The molecule has 0 aromatic heterocycles. The summed E-state index contributed by atoms with van der Waals surface area (Å²) in [4.78, 5) is 14.5. The third-order valence-corrected chi connectivity index (χ3v) is 8.56. The molecule has 0 bridgehead atoms. The molecule has 2 heterocycles. The van der Waals surface area contributed by atoms with Crippen molar-refractivity contribution < 1.29 is 9.53 Å². The molecule has 0 radical (unpaired) electrons. The number of hydrogen-bond acceptors (Lipinski definition) is 5. The molecule has 1 aliphatic carbocycles. The zero-order valence-corrected chi connectivity index (χ0v) is 14.1. The Balaban J connectivity index is 1.80. The second-order valence-electron chi connectivity index (χ2n) is 6.13. The second-order valence-corrected chi connectivity index (χ2v) is 9.24. The number of hydrogen-bond donors (Lipinski definition) is 0. The summed E-state index contributed by atoms with van der Waals surface area (Å²) in [6.07, 6.45) is 6.25. The first-order chi connectivity index (χ1) is 9.68. The van der Waals surface area contributed by atoms with Crippen molar-refractivity contribution in [3.05, 3.63) is 0 Å². The SMILES string of the molecule is CCOC(=O)[C@@H]1C[C@H]2CCCC3(SCCCS3)[C@H]2N1C. The van der Waals surface area contributed by atoms with E-state index in [4.69, 9.17) is 4.74 Å². The van der Waals surface area contributed by atoms with Crippen LogP contribution in [0.4, 0.5) is 0 Å². The van der Waals surface area contributed by atoms with Crippen LogP contribution < -0.4 is 0 Å². The third-order valence-electron chi connectivity index (χ3n) is 4.99. The van der Waals surface area contributed by atoms with Crippen molar-refractivity contribution in [2.45, 2.75) is 55.2 Å². The number of carbonyl (C=O) groups excluding carboxylic acids is 1. The van der Waals surface area contributed by atoms with Gasteiger partial charge in [-0.2, -0.15) is 0 Å². The molecule has 3 fully saturated rings. The molecule has 1 spiro atoms. The van der Waals surface area contributed by atoms with E-state index in [9.17, 15) is 4.79 Å². The predicted octanol–water partition coefficient (Wildman–Crippen LogP) is 2.99. The lowest BCUT2D eigenvalue weighted by Crippen LogP contribution is -2.52. The van der Waals surface area contributed by atoms with Gasteiger partial charge in [0.05, 0.1) is 10.7 Å². The highest BCUT2D eigenvalue weighted by atomic mass is 32.2. The summed E-state index contributed by atoms with van der Waals surface area (Å²) in [5, 5.41) is 0. The lowest BCUT2D eigenvalue weighted by atomic mass is 9.84. The minimum Gasteiger partial charge on any atom is -0.465 e. The van der Waals surface area contributed by atoms with Crippen molar-refractivity contribution in [2.75, 3.05) is 25.2 Å². The van der Waals surface area contributed by atoms with Crippen molar-refractivity contribution in [2.24, 2.45) is 5.92 Å². The molecule has 0 amide bonds. The molecular weight excluding hydrogens is 290 g/mol. The topological polar surface area (TPSA) is 29.5 Å². The van der Waals surface area contributed by atoms with Crippen molar-refractivity contribution >= 4 is 29.5 Å². The molecule has 20 heavy (non-hydrogen) atoms. The summed E-state index contributed by atoms with van der Waals surface area (Å²) in [7, 11) is 2.15. The number of carbonyl (C=O) groups is 1. The van der Waals surface area contributed by atoms with Gasteiger partial charge in [-0.15, -0.1) is 23.5 Å². The first-order valence-corrected chi connectivity index (χ1v) is 9.81. The zero-order valence-electron chi connectivity index (χ0n) is 12.5. The van der Waals surface area contributed by atoms with Gasteiger partial charge in [0.25, 0.3) is 0 Å². The molecule has 2 aliphatic heterocycles. The highest BCUT2D eigenvalue weighted by Gasteiger charge is 2.55. The molecule has 5 heteroatoms. The van der Waals surface area contributed by atoms with Crippen molar-refractivity contribution in [3.8, 4) is 0 Å². The molecule has 114 valence electrons. The second kappa shape index (κ2) is 6.09. The Morgan fingerprint density at radius 2 is 2.10 bits per heavy atom. The van der Waals surface area contributed by atoms with Crippen LogP contribution in [0.5, 0.6) is 0 Å². The summed E-state index contributed by atoms with van der Waals surface area (Å²) in [5.74, 6) is 3.24. The number of esters is 1. The van der Waals surface area contributed by atoms with Gasteiger partial charge in [0.2, 0.25) is 0 Å². The average molecular weight is 316 g/mol. The van der Waals surface area contributed by atoms with Crippen LogP contribution in [0.1, 0.15) is 39.0 Å². The fourth-order valence-electron chi connectivity index (χ4n) is 4.22. The van der Waals surface area contributed by atoms with Crippen LogP contribution in [0.2, 0.25) is 0 Å². The van der Waals surface area contributed by atoms with Crippen molar-refractivity contribution in [1.82, 2.24) is 4.90 Å². The Morgan fingerprint density at radius 1 is 1.35 bits per heavy atom. The maximum Gasteiger partial charge on any atom is 0.323 e.